The lowest BCUT2D eigenvalue weighted by atomic mass is 10.3. The number of rotatable bonds is 5. The van der Waals surface area contributed by atoms with Crippen LogP contribution in [0.25, 0.3) is 0 Å². The van der Waals surface area contributed by atoms with Crippen LogP contribution in [0.1, 0.15) is 0 Å². The van der Waals surface area contributed by atoms with Crippen molar-refractivity contribution in [3.63, 3.8) is 0 Å². The van der Waals surface area contributed by atoms with Crippen LogP contribution in [0.2, 0.25) is 0 Å². The van der Waals surface area contributed by atoms with Crippen molar-refractivity contribution in [3.05, 3.63) is 59.1 Å². The normalized spacial score (nSPS) is 10.0. The van der Waals surface area contributed by atoms with E-state index in [0.29, 0.717) is 13.2 Å². The van der Waals surface area contributed by atoms with Gasteiger partial charge in [0.25, 0.3) is 0 Å². The van der Waals surface area contributed by atoms with Gasteiger partial charge in [0.05, 0.1) is 6.54 Å². The van der Waals surface area contributed by atoms with Gasteiger partial charge in [0.1, 0.15) is 12.4 Å². The highest BCUT2D eigenvalue weighted by molar-refractivity contribution is 9.10. The van der Waals surface area contributed by atoms with Gasteiger partial charge in [0.15, 0.2) is 0 Å². The molecule has 0 saturated heterocycles. The smallest absolute Gasteiger partial charge is 0.321 e. The molecule has 0 fully saturated rings. The number of nitrogens with one attached hydrogen (secondary N) is 1. The number of anilines is 1. The van der Waals surface area contributed by atoms with Crippen LogP contribution in [-0.4, -0.2) is 26.2 Å². The van der Waals surface area contributed by atoms with E-state index in [1.54, 1.807) is 11.9 Å². The van der Waals surface area contributed by atoms with Gasteiger partial charge in [-0.3, -0.25) is 4.90 Å². The molecule has 0 aliphatic heterocycles. The monoisotopic (exact) mass is 348 g/mol. The molecule has 0 aliphatic carbocycles. The molecule has 0 saturated carbocycles. The minimum atomic E-state index is -0.152. The van der Waals surface area contributed by atoms with Crippen molar-refractivity contribution < 1.29 is 9.53 Å². The fourth-order valence-electron chi connectivity index (χ4n) is 1.75. The maximum atomic E-state index is 12.0. The molecule has 2 rings (SSSR count). The van der Waals surface area contributed by atoms with E-state index in [2.05, 4.69) is 21.2 Å². The van der Waals surface area contributed by atoms with Gasteiger partial charge in [-0.2, -0.15) is 0 Å². The highest BCUT2D eigenvalue weighted by atomic mass is 79.9. The summed E-state index contributed by atoms with van der Waals surface area (Å²) >= 11 is 3.37. The number of carbonyl (C=O) groups excluding carboxylic acids is 1. The van der Waals surface area contributed by atoms with Crippen LogP contribution in [0.4, 0.5) is 10.5 Å². The molecule has 4 nitrogen and oxygen atoms in total. The van der Waals surface area contributed by atoms with E-state index < -0.39 is 0 Å². The number of amides is 2. The zero-order valence-corrected chi connectivity index (χ0v) is 13.3. The summed E-state index contributed by atoms with van der Waals surface area (Å²) in [6, 6.07) is 16.9. The number of halogens is 1. The molecule has 0 bridgehead atoms. The second kappa shape index (κ2) is 7.69. The first-order chi connectivity index (χ1) is 10.2. The van der Waals surface area contributed by atoms with Gasteiger partial charge < -0.3 is 10.1 Å². The Balaban J connectivity index is 1.73. The summed E-state index contributed by atoms with van der Waals surface area (Å²) in [5.41, 5.74) is 0.851. The highest BCUT2D eigenvalue weighted by Crippen LogP contribution is 2.15. The molecule has 21 heavy (non-hydrogen) atoms. The van der Waals surface area contributed by atoms with Gasteiger partial charge in [-0.15, -0.1) is 0 Å². The lowest BCUT2D eigenvalue weighted by molar-refractivity contribution is 0.243. The Labute approximate surface area is 132 Å². The standard InChI is InChI=1S/C16H17BrN2O2/c1-19(14-5-3-2-4-6-14)16(20)18-11-12-21-15-9-7-13(17)8-10-15/h2-10H,11-12H2,1H3,(H,18,20). The number of nitrogens with zero attached hydrogens (tertiary/aromatic N) is 1. The third-order valence-electron chi connectivity index (χ3n) is 2.91. The van der Waals surface area contributed by atoms with Crippen LogP contribution in [-0.2, 0) is 0 Å². The van der Waals surface area contributed by atoms with Crippen LogP contribution in [0, 0.1) is 0 Å². The molecular formula is C16H17BrN2O2. The number of hydrogen-bond acceptors (Lipinski definition) is 2. The molecule has 1 N–H and O–H groups in total. The van der Waals surface area contributed by atoms with Crippen molar-refractivity contribution in [2.45, 2.75) is 0 Å². The van der Waals surface area contributed by atoms with Crippen LogP contribution >= 0.6 is 15.9 Å². The van der Waals surface area contributed by atoms with Crippen LogP contribution in [0.5, 0.6) is 5.75 Å². The second-order valence-electron chi connectivity index (χ2n) is 4.43. The molecule has 0 radical (unpaired) electrons. The van der Waals surface area contributed by atoms with Crippen molar-refractivity contribution in [3.8, 4) is 5.75 Å². The van der Waals surface area contributed by atoms with Gasteiger partial charge >= 0.3 is 6.03 Å². The quantitative estimate of drug-likeness (QED) is 0.837. The van der Waals surface area contributed by atoms with Crippen LogP contribution < -0.4 is 15.0 Å². The summed E-state index contributed by atoms with van der Waals surface area (Å²) in [6.45, 7) is 0.877. The Morgan fingerprint density at radius 3 is 2.48 bits per heavy atom. The first kappa shape index (κ1) is 15.4. The zero-order valence-electron chi connectivity index (χ0n) is 11.8. The minimum absolute atomic E-state index is 0.152. The van der Waals surface area contributed by atoms with Crippen LogP contribution in [0.3, 0.4) is 0 Å². The Morgan fingerprint density at radius 2 is 1.81 bits per heavy atom. The van der Waals surface area contributed by atoms with E-state index in [1.165, 1.54) is 0 Å². The molecule has 0 spiro atoms. The molecule has 5 heteroatoms. The molecule has 0 heterocycles. The fraction of sp³-hybridized carbons (Fsp3) is 0.188. The average Bonchev–Trinajstić information content (AvgIpc) is 2.53. The molecule has 2 aromatic carbocycles. The Kier molecular flexibility index (Phi) is 5.63. The zero-order chi connectivity index (χ0) is 15.1. The SMILES string of the molecule is CN(C(=O)NCCOc1ccc(Br)cc1)c1ccccc1. The second-order valence-corrected chi connectivity index (χ2v) is 5.34. The molecule has 0 aromatic heterocycles. The minimum Gasteiger partial charge on any atom is -0.492 e. The van der Waals surface area contributed by atoms with Gasteiger partial charge in [-0.25, -0.2) is 4.79 Å². The fourth-order valence-corrected chi connectivity index (χ4v) is 2.01. The van der Waals surface area contributed by atoms with Gasteiger partial charge in [-0.05, 0) is 36.4 Å². The van der Waals surface area contributed by atoms with E-state index in [-0.39, 0.29) is 6.03 Å². The van der Waals surface area contributed by atoms with Gasteiger partial charge in [-0.1, -0.05) is 34.1 Å². The topological polar surface area (TPSA) is 41.6 Å². The Bertz CT molecular complexity index is 573. The van der Waals surface area contributed by atoms with Crippen molar-refractivity contribution >= 4 is 27.6 Å². The third-order valence-corrected chi connectivity index (χ3v) is 3.44. The first-order valence-corrected chi connectivity index (χ1v) is 7.41. The van der Waals surface area contributed by atoms with Gasteiger partial charge in [0, 0.05) is 17.2 Å². The van der Waals surface area contributed by atoms with E-state index in [4.69, 9.17) is 4.74 Å². The number of ether oxygens (including phenoxy) is 1. The number of carbonyl (C=O) groups is 1. The van der Waals surface area contributed by atoms with E-state index in [0.717, 1.165) is 15.9 Å². The summed E-state index contributed by atoms with van der Waals surface area (Å²) in [5.74, 6) is 0.781. The number of benzene rings is 2. The number of para-hydroxylation sites is 1. The Morgan fingerprint density at radius 1 is 1.14 bits per heavy atom. The highest BCUT2D eigenvalue weighted by Gasteiger charge is 2.09. The molecule has 0 unspecified atom stereocenters. The largest absolute Gasteiger partial charge is 0.492 e. The third kappa shape index (κ3) is 4.79. The van der Waals surface area contributed by atoms with E-state index >= 15 is 0 Å². The van der Waals surface area contributed by atoms with Crippen molar-refractivity contribution in [1.29, 1.82) is 0 Å². The van der Waals surface area contributed by atoms with E-state index in [1.807, 2.05) is 54.6 Å². The predicted octanol–water partition coefficient (Wildman–Crippen LogP) is 3.67. The molecule has 110 valence electrons. The first-order valence-electron chi connectivity index (χ1n) is 6.62. The van der Waals surface area contributed by atoms with Crippen LogP contribution in [0.15, 0.2) is 59.1 Å². The number of hydrogen-bond donors (Lipinski definition) is 1. The molecule has 2 aromatic rings. The van der Waals surface area contributed by atoms with E-state index in [9.17, 15) is 4.79 Å². The van der Waals surface area contributed by atoms with Crippen molar-refractivity contribution in [2.24, 2.45) is 0 Å². The Hall–Kier alpha value is -2.01. The van der Waals surface area contributed by atoms with Crippen molar-refractivity contribution in [1.82, 2.24) is 5.32 Å². The summed E-state index contributed by atoms with van der Waals surface area (Å²) in [6.07, 6.45) is 0. The molecule has 0 atom stereocenters. The van der Waals surface area contributed by atoms with Gasteiger partial charge in [0.2, 0.25) is 0 Å². The van der Waals surface area contributed by atoms with Crippen molar-refractivity contribution in [2.75, 3.05) is 25.1 Å². The summed E-state index contributed by atoms with van der Waals surface area (Å²) < 4.78 is 6.55. The number of urea groups is 1. The predicted molar refractivity (Wildman–Crippen MR) is 87.9 cm³/mol. The lowest BCUT2D eigenvalue weighted by Crippen LogP contribution is -2.39. The lowest BCUT2D eigenvalue weighted by Gasteiger charge is -2.18. The summed E-state index contributed by atoms with van der Waals surface area (Å²) in [5, 5.41) is 2.82. The summed E-state index contributed by atoms with van der Waals surface area (Å²) in [7, 11) is 1.74. The molecular weight excluding hydrogens is 332 g/mol. The maximum absolute atomic E-state index is 12.0. The molecule has 0 aliphatic rings. The average molecular weight is 349 g/mol. The maximum Gasteiger partial charge on any atom is 0.321 e. The summed E-state index contributed by atoms with van der Waals surface area (Å²) in [4.78, 5) is 13.5. The molecule has 2 amide bonds.